The number of allylic oxidation sites excluding steroid dienone is 1. The fourth-order valence-corrected chi connectivity index (χ4v) is 2.18. The fraction of sp³-hybridized carbons (Fsp3) is 0.750. The molecule has 1 radical (unpaired) electrons. The monoisotopic (exact) mass is 259 g/mol. The second kappa shape index (κ2) is 8.99. The van der Waals surface area contributed by atoms with Crippen molar-refractivity contribution < 1.29 is 27.0 Å². The summed E-state index contributed by atoms with van der Waals surface area (Å²) >= 11 is 0. The van der Waals surface area contributed by atoms with Gasteiger partial charge in [0, 0.05) is 6.08 Å². The molecular weight excluding hydrogens is 240 g/mol. The van der Waals surface area contributed by atoms with Gasteiger partial charge in [-0.1, -0.05) is 44.6 Å². The van der Waals surface area contributed by atoms with Crippen molar-refractivity contribution in [2.45, 2.75) is 51.4 Å². The van der Waals surface area contributed by atoms with Crippen LogP contribution in [0.3, 0.4) is 0 Å². The van der Waals surface area contributed by atoms with Crippen LogP contribution in [-0.4, -0.2) is 11.1 Å². The number of hydrogen-bond acceptors (Lipinski definition) is 1. The summed E-state index contributed by atoms with van der Waals surface area (Å²) in [7, 11) is 0. The maximum absolute atomic E-state index is 10.2. The zero-order valence-electron chi connectivity index (χ0n) is 9.05. The molecule has 1 fully saturated rings. The van der Waals surface area contributed by atoms with Gasteiger partial charge in [0.2, 0.25) is 0 Å². The van der Waals surface area contributed by atoms with Crippen molar-refractivity contribution in [3.8, 4) is 0 Å². The third-order valence-corrected chi connectivity index (χ3v) is 2.97. The van der Waals surface area contributed by atoms with Gasteiger partial charge in [-0.05, 0) is 18.8 Å². The van der Waals surface area contributed by atoms with E-state index in [9.17, 15) is 4.79 Å². The molecule has 0 aromatic rings. The van der Waals surface area contributed by atoms with Crippen molar-refractivity contribution >= 4 is 5.97 Å². The van der Waals surface area contributed by atoms with E-state index in [-0.39, 0.29) is 17.1 Å². The second-order valence-corrected chi connectivity index (χ2v) is 4.18. The summed E-state index contributed by atoms with van der Waals surface area (Å²) in [5.74, 6) is 0.0876. The average Bonchev–Trinajstić information content (AvgIpc) is 2.18. The molecule has 0 heterocycles. The molecule has 0 aromatic heterocycles. The van der Waals surface area contributed by atoms with E-state index in [4.69, 9.17) is 5.11 Å². The van der Waals surface area contributed by atoms with Crippen molar-refractivity contribution in [2.75, 3.05) is 0 Å². The normalized spacial score (nSPS) is 17.6. The topological polar surface area (TPSA) is 37.3 Å². The van der Waals surface area contributed by atoms with Gasteiger partial charge in [0.1, 0.15) is 0 Å². The molecule has 0 spiro atoms. The van der Waals surface area contributed by atoms with Gasteiger partial charge in [-0.2, -0.15) is 0 Å². The van der Waals surface area contributed by atoms with E-state index in [1.165, 1.54) is 44.6 Å². The van der Waals surface area contributed by atoms with E-state index in [0.717, 1.165) is 18.8 Å². The molecule has 0 atom stereocenters. The molecule has 0 saturated heterocycles. The van der Waals surface area contributed by atoms with Crippen LogP contribution in [0.15, 0.2) is 12.2 Å². The van der Waals surface area contributed by atoms with Crippen LogP contribution in [0.1, 0.15) is 51.4 Å². The van der Waals surface area contributed by atoms with Gasteiger partial charge in [-0.15, -0.1) is 0 Å². The Hall–Kier alpha value is -0.271. The van der Waals surface area contributed by atoms with Crippen LogP contribution in [0.2, 0.25) is 0 Å². The molecular formula is C12H20CuO2+2. The molecule has 3 heteroatoms. The van der Waals surface area contributed by atoms with Gasteiger partial charge in [-0.3, -0.25) is 0 Å². The van der Waals surface area contributed by atoms with E-state index >= 15 is 0 Å². The van der Waals surface area contributed by atoms with E-state index < -0.39 is 5.97 Å². The molecule has 1 N–H and O–H groups in total. The van der Waals surface area contributed by atoms with Crippen LogP contribution in [0.5, 0.6) is 0 Å². The maximum atomic E-state index is 10.2. The first-order valence-corrected chi connectivity index (χ1v) is 5.68. The number of carboxylic acid groups (broad SMARTS) is 1. The van der Waals surface area contributed by atoms with Gasteiger partial charge in [0.25, 0.3) is 0 Å². The Morgan fingerprint density at radius 2 is 1.93 bits per heavy atom. The Kier molecular flexibility index (Phi) is 8.83. The van der Waals surface area contributed by atoms with E-state index in [2.05, 4.69) is 0 Å². The van der Waals surface area contributed by atoms with Crippen molar-refractivity contribution in [3.05, 3.63) is 12.2 Å². The summed E-state index contributed by atoms with van der Waals surface area (Å²) < 4.78 is 0. The minimum atomic E-state index is -0.831. The van der Waals surface area contributed by atoms with Crippen LogP contribution >= 0.6 is 0 Å². The van der Waals surface area contributed by atoms with Gasteiger partial charge < -0.3 is 5.11 Å². The van der Waals surface area contributed by atoms with Crippen molar-refractivity contribution in [1.82, 2.24) is 0 Å². The van der Waals surface area contributed by atoms with Gasteiger partial charge in [0.15, 0.2) is 0 Å². The summed E-state index contributed by atoms with van der Waals surface area (Å²) in [5, 5.41) is 8.37. The average molecular weight is 260 g/mol. The minimum absolute atomic E-state index is 0. The molecule has 0 aromatic carbocycles. The Morgan fingerprint density at radius 3 is 2.53 bits per heavy atom. The zero-order chi connectivity index (χ0) is 10.2. The molecule has 1 saturated carbocycles. The molecule has 1 rings (SSSR count). The Morgan fingerprint density at radius 1 is 1.27 bits per heavy atom. The number of unbranched alkanes of at least 4 members (excludes halogenated alkanes) is 1. The summed E-state index contributed by atoms with van der Waals surface area (Å²) in [5.41, 5.74) is 0. The first kappa shape index (κ1) is 14.7. The third kappa shape index (κ3) is 7.63. The summed E-state index contributed by atoms with van der Waals surface area (Å²) in [6.45, 7) is 0. The first-order chi connectivity index (χ1) is 6.79. The maximum Gasteiger partial charge on any atom is 2.00 e. The van der Waals surface area contributed by atoms with Crippen LogP contribution in [-0.2, 0) is 21.9 Å². The van der Waals surface area contributed by atoms with Crippen LogP contribution in [0.25, 0.3) is 0 Å². The molecule has 15 heavy (non-hydrogen) atoms. The van der Waals surface area contributed by atoms with E-state index in [1.807, 2.05) is 0 Å². The Bertz CT molecular complexity index is 196. The fourth-order valence-electron chi connectivity index (χ4n) is 2.18. The molecule has 0 unspecified atom stereocenters. The SMILES string of the molecule is O=C(O)/C=C/CCCC1CCCCC1.[Cu+2]. The van der Waals surface area contributed by atoms with Gasteiger partial charge >= 0.3 is 23.0 Å². The molecule has 0 aliphatic heterocycles. The first-order valence-electron chi connectivity index (χ1n) is 5.68. The smallest absolute Gasteiger partial charge is 0.478 e. The second-order valence-electron chi connectivity index (χ2n) is 4.18. The standard InChI is InChI=1S/C12H20O2.Cu/c13-12(14)10-6-2-5-9-11-7-3-1-4-8-11;/h6,10-11H,1-5,7-9H2,(H,13,14);/q;+2/b10-6+;. The van der Waals surface area contributed by atoms with Crippen molar-refractivity contribution in [3.63, 3.8) is 0 Å². The van der Waals surface area contributed by atoms with E-state index in [0.29, 0.717) is 0 Å². The van der Waals surface area contributed by atoms with Gasteiger partial charge in [0.05, 0.1) is 0 Å². The minimum Gasteiger partial charge on any atom is -0.478 e. The quantitative estimate of drug-likeness (QED) is 0.467. The molecule has 0 amide bonds. The Balaban J connectivity index is 0.00000196. The molecule has 89 valence electrons. The van der Waals surface area contributed by atoms with Gasteiger partial charge in [-0.25, -0.2) is 4.79 Å². The van der Waals surface area contributed by atoms with Crippen LogP contribution in [0.4, 0.5) is 0 Å². The number of rotatable bonds is 5. The third-order valence-electron chi connectivity index (χ3n) is 2.97. The largest absolute Gasteiger partial charge is 2.00 e. The van der Waals surface area contributed by atoms with E-state index in [1.54, 1.807) is 6.08 Å². The molecule has 0 bridgehead atoms. The predicted octanol–water partition coefficient (Wildman–Crippen LogP) is 3.38. The number of hydrogen-bond donors (Lipinski definition) is 1. The number of aliphatic carboxylic acids is 1. The Labute approximate surface area is 103 Å². The number of carboxylic acids is 1. The molecule has 1 aliphatic carbocycles. The van der Waals surface area contributed by atoms with Crippen molar-refractivity contribution in [2.24, 2.45) is 5.92 Å². The zero-order valence-corrected chi connectivity index (χ0v) is 9.99. The van der Waals surface area contributed by atoms with Crippen molar-refractivity contribution in [1.29, 1.82) is 0 Å². The summed E-state index contributed by atoms with van der Waals surface area (Å²) in [4.78, 5) is 10.2. The summed E-state index contributed by atoms with van der Waals surface area (Å²) in [6.07, 6.45) is 13.4. The predicted molar refractivity (Wildman–Crippen MR) is 57.2 cm³/mol. The van der Waals surface area contributed by atoms with Crippen LogP contribution < -0.4 is 0 Å². The molecule has 1 aliphatic rings. The number of carbonyl (C=O) groups is 1. The summed E-state index contributed by atoms with van der Waals surface area (Å²) in [6, 6.07) is 0. The molecule has 2 nitrogen and oxygen atoms in total. The van der Waals surface area contributed by atoms with Crippen LogP contribution in [0, 0.1) is 5.92 Å².